The molecule has 0 aliphatic carbocycles. The van der Waals surface area contributed by atoms with Crippen molar-refractivity contribution >= 4 is 29.1 Å². The number of ketones is 1. The van der Waals surface area contributed by atoms with E-state index < -0.39 is 17.7 Å². The fraction of sp³-hybridized carbons (Fsp3) is 0.241. The van der Waals surface area contributed by atoms with Gasteiger partial charge in [-0.2, -0.15) is 0 Å². The van der Waals surface area contributed by atoms with Crippen LogP contribution in [0.2, 0.25) is 5.02 Å². The van der Waals surface area contributed by atoms with Gasteiger partial charge in [0.2, 0.25) is 0 Å². The van der Waals surface area contributed by atoms with Gasteiger partial charge in [0.1, 0.15) is 23.0 Å². The largest absolute Gasteiger partial charge is 0.507 e. The van der Waals surface area contributed by atoms with Crippen molar-refractivity contribution in [2.45, 2.75) is 32.5 Å². The van der Waals surface area contributed by atoms with Gasteiger partial charge in [-0.15, -0.1) is 0 Å². The molecule has 37 heavy (non-hydrogen) atoms. The first-order chi connectivity index (χ1) is 17.7. The minimum Gasteiger partial charge on any atom is -0.507 e. The zero-order valence-corrected chi connectivity index (χ0v) is 21.8. The number of ether oxygens (including phenoxy) is 3. The summed E-state index contributed by atoms with van der Waals surface area (Å²) in [7, 11) is 3.06. The number of carbonyl (C=O) groups excluding carboxylic acids is 2. The second kappa shape index (κ2) is 11.0. The summed E-state index contributed by atoms with van der Waals surface area (Å²) in [5.74, 6) is -0.0229. The number of methoxy groups -OCH3 is 2. The number of halogens is 1. The molecule has 1 amide bonds. The second-order valence-electron chi connectivity index (χ2n) is 8.86. The molecule has 8 heteroatoms. The highest BCUT2D eigenvalue weighted by atomic mass is 35.5. The summed E-state index contributed by atoms with van der Waals surface area (Å²) in [6.45, 7) is 4.01. The van der Waals surface area contributed by atoms with Gasteiger partial charge in [-0.25, -0.2) is 0 Å². The molecule has 3 aromatic rings. The Balaban J connectivity index is 1.81. The zero-order valence-electron chi connectivity index (χ0n) is 21.0. The van der Waals surface area contributed by atoms with Gasteiger partial charge in [-0.3, -0.25) is 9.59 Å². The number of likely N-dealkylation sites (tertiary alicyclic amines) is 1. The lowest BCUT2D eigenvalue weighted by molar-refractivity contribution is -0.140. The van der Waals surface area contributed by atoms with Gasteiger partial charge >= 0.3 is 0 Å². The van der Waals surface area contributed by atoms with Gasteiger partial charge in [0, 0.05) is 12.1 Å². The zero-order chi connectivity index (χ0) is 26.7. The Morgan fingerprint density at radius 1 is 0.946 bits per heavy atom. The third-order valence-corrected chi connectivity index (χ3v) is 6.34. The number of rotatable bonds is 8. The molecule has 1 saturated heterocycles. The van der Waals surface area contributed by atoms with Crippen LogP contribution in [0.3, 0.4) is 0 Å². The van der Waals surface area contributed by atoms with Gasteiger partial charge in [-0.05, 0) is 67.4 Å². The quantitative estimate of drug-likeness (QED) is 0.230. The minimum absolute atomic E-state index is 0.00798. The van der Waals surface area contributed by atoms with Gasteiger partial charge in [0.25, 0.3) is 11.7 Å². The van der Waals surface area contributed by atoms with Crippen molar-refractivity contribution in [2.75, 3.05) is 14.2 Å². The third-order valence-electron chi connectivity index (χ3n) is 6.04. The smallest absolute Gasteiger partial charge is 0.295 e. The molecule has 0 bridgehead atoms. The summed E-state index contributed by atoms with van der Waals surface area (Å²) in [4.78, 5) is 28.0. The van der Waals surface area contributed by atoms with Gasteiger partial charge < -0.3 is 24.2 Å². The van der Waals surface area contributed by atoms with E-state index in [9.17, 15) is 14.7 Å². The van der Waals surface area contributed by atoms with Gasteiger partial charge in [0.15, 0.2) is 0 Å². The Kier molecular flexibility index (Phi) is 7.74. The van der Waals surface area contributed by atoms with Crippen LogP contribution in [0.5, 0.6) is 17.2 Å². The predicted octanol–water partition coefficient (Wildman–Crippen LogP) is 5.77. The Bertz CT molecular complexity index is 1330. The first-order valence-electron chi connectivity index (χ1n) is 11.7. The maximum absolute atomic E-state index is 13.3. The summed E-state index contributed by atoms with van der Waals surface area (Å²) in [6, 6.07) is 18.3. The van der Waals surface area contributed by atoms with E-state index in [1.165, 1.54) is 18.1 Å². The second-order valence-corrected chi connectivity index (χ2v) is 9.27. The van der Waals surface area contributed by atoms with Crippen LogP contribution >= 0.6 is 11.6 Å². The molecule has 0 saturated carbocycles. The number of benzene rings is 3. The van der Waals surface area contributed by atoms with Crippen molar-refractivity contribution in [1.82, 2.24) is 4.90 Å². The van der Waals surface area contributed by atoms with Crippen LogP contribution in [0.4, 0.5) is 0 Å². The minimum atomic E-state index is -0.823. The van der Waals surface area contributed by atoms with Gasteiger partial charge in [0.05, 0.1) is 37.0 Å². The average Bonchev–Trinajstić information content (AvgIpc) is 3.13. The maximum atomic E-state index is 13.3. The predicted molar refractivity (Wildman–Crippen MR) is 141 cm³/mol. The monoisotopic (exact) mass is 521 g/mol. The lowest BCUT2D eigenvalue weighted by Gasteiger charge is -2.26. The summed E-state index contributed by atoms with van der Waals surface area (Å²) < 4.78 is 16.2. The Morgan fingerprint density at radius 3 is 2.16 bits per heavy atom. The van der Waals surface area contributed by atoms with E-state index in [0.29, 0.717) is 28.4 Å². The lowest BCUT2D eigenvalue weighted by atomic mass is 9.95. The van der Waals surface area contributed by atoms with E-state index in [-0.39, 0.29) is 29.0 Å². The van der Waals surface area contributed by atoms with Crippen molar-refractivity contribution in [1.29, 1.82) is 0 Å². The fourth-order valence-electron chi connectivity index (χ4n) is 4.29. The molecule has 7 nitrogen and oxygen atoms in total. The SMILES string of the molecule is COc1ccc(CN2C(=O)C(=O)/C(=C(\O)c3ccc(OC)c(Cl)c3)C2c2ccc(OC(C)C)cc2)cc1. The normalized spacial score (nSPS) is 16.8. The average molecular weight is 522 g/mol. The number of aliphatic hydroxyl groups is 1. The van der Waals surface area contributed by atoms with Crippen LogP contribution in [-0.2, 0) is 16.1 Å². The molecule has 1 unspecified atom stereocenters. The Labute approximate surface area is 220 Å². The summed E-state index contributed by atoms with van der Waals surface area (Å²) in [5.41, 5.74) is 1.75. The van der Waals surface area contributed by atoms with Crippen molar-refractivity contribution in [2.24, 2.45) is 0 Å². The highest BCUT2D eigenvalue weighted by Gasteiger charge is 2.46. The first-order valence-corrected chi connectivity index (χ1v) is 12.1. The van der Waals surface area contributed by atoms with E-state index in [0.717, 1.165) is 5.56 Å². The van der Waals surface area contributed by atoms with Crippen LogP contribution in [0.1, 0.15) is 36.6 Å². The Hall–Kier alpha value is -3.97. The molecule has 4 rings (SSSR count). The van der Waals surface area contributed by atoms with Crippen LogP contribution in [0, 0.1) is 0 Å². The summed E-state index contributed by atoms with van der Waals surface area (Å²) >= 11 is 6.27. The van der Waals surface area contributed by atoms with E-state index in [4.69, 9.17) is 25.8 Å². The topological polar surface area (TPSA) is 85.3 Å². The molecule has 3 aromatic carbocycles. The number of hydrogen-bond acceptors (Lipinski definition) is 6. The lowest BCUT2D eigenvalue weighted by Crippen LogP contribution is -2.29. The Morgan fingerprint density at radius 2 is 1.59 bits per heavy atom. The summed E-state index contributed by atoms with van der Waals surface area (Å²) in [5, 5.41) is 11.6. The van der Waals surface area contributed by atoms with Crippen LogP contribution in [0.25, 0.3) is 5.76 Å². The highest BCUT2D eigenvalue weighted by Crippen LogP contribution is 2.41. The van der Waals surface area contributed by atoms with Crippen LogP contribution < -0.4 is 14.2 Å². The molecule has 1 atom stereocenters. The van der Waals surface area contributed by atoms with Crippen LogP contribution in [-0.4, -0.2) is 42.0 Å². The number of hydrogen-bond donors (Lipinski definition) is 1. The van der Waals surface area contributed by atoms with E-state index >= 15 is 0 Å². The maximum Gasteiger partial charge on any atom is 0.295 e. The third kappa shape index (κ3) is 5.42. The number of amides is 1. The van der Waals surface area contributed by atoms with Crippen molar-refractivity contribution < 1.29 is 28.9 Å². The molecule has 1 aliphatic heterocycles. The molecule has 1 N–H and O–H groups in total. The molecule has 1 heterocycles. The fourth-order valence-corrected chi connectivity index (χ4v) is 4.55. The van der Waals surface area contributed by atoms with Crippen molar-refractivity contribution in [3.63, 3.8) is 0 Å². The molecule has 192 valence electrons. The van der Waals surface area contributed by atoms with E-state index in [2.05, 4.69) is 0 Å². The number of carbonyl (C=O) groups is 2. The molecule has 0 radical (unpaired) electrons. The molecule has 0 aromatic heterocycles. The van der Waals surface area contributed by atoms with E-state index in [1.54, 1.807) is 55.6 Å². The number of nitrogens with zero attached hydrogens (tertiary/aromatic N) is 1. The molecular formula is C29H28ClNO6. The van der Waals surface area contributed by atoms with Crippen molar-refractivity contribution in [3.8, 4) is 17.2 Å². The molecular weight excluding hydrogens is 494 g/mol. The summed E-state index contributed by atoms with van der Waals surface area (Å²) in [6.07, 6.45) is -0.00798. The number of Topliss-reactive ketones (excluding diaryl/α,β-unsaturated/α-hetero) is 1. The van der Waals surface area contributed by atoms with E-state index in [1.807, 2.05) is 26.0 Å². The van der Waals surface area contributed by atoms with Gasteiger partial charge in [-0.1, -0.05) is 35.9 Å². The highest BCUT2D eigenvalue weighted by molar-refractivity contribution is 6.46. The molecule has 0 spiro atoms. The van der Waals surface area contributed by atoms with Crippen molar-refractivity contribution in [3.05, 3.63) is 94.0 Å². The number of aliphatic hydroxyl groups excluding tert-OH is 1. The standard InChI is InChI=1S/C29H28ClNO6/c1-17(2)37-22-12-7-19(8-13-22)26-25(27(32)20-9-14-24(36-4)23(30)15-20)28(33)29(34)31(26)16-18-5-10-21(35-3)11-6-18/h5-15,17,26,32H,16H2,1-4H3/b27-25-. The van der Waals surface area contributed by atoms with Crippen LogP contribution in [0.15, 0.2) is 72.3 Å². The molecule has 1 fully saturated rings. The molecule has 1 aliphatic rings. The first kappa shape index (κ1) is 26.1.